The Morgan fingerprint density at radius 3 is 2.88 bits per heavy atom. The minimum absolute atomic E-state index is 0.00259. The number of hydrogen-bond donors (Lipinski definition) is 0. The lowest BCUT2D eigenvalue weighted by molar-refractivity contribution is -0.142. The van der Waals surface area contributed by atoms with Gasteiger partial charge in [-0.05, 0) is 31.8 Å². The molecule has 0 saturated carbocycles. The summed E-state index contributed by atoms with van der Waals surface area (Å²) in [6.07, 6.45) is 6.10. The highest BCUT2D eigenvalue weighted by molar-refractivity contribution is 6.07. The van der Waals surface area contributed by atoms with Crippen LogP contribution in [-0.4, -0.2) is 24.5 Å². The maximum Gasteiger partial charge on any atom is 0.373 e. The molecule has 0 aromatic heterocycles. The lowest BCUT2D eigenvalue weighted by atomic mass is 9.91. The molecule has 0 saturated heterocycles. The van der Waals surface area contributed by atoms with E-state index in [4.69, 9.17) is 4.74 Å². The van der Waals surface area contributed by atoms with Gasteiger partial charge in [-0.25, -0.2) is 4.79 Å². The summed E-state index contributed by atoms with van der Waals surface area (Å²) in [5, 5.41) is 0. The number of ether oxygens (including phenoxy) is 2. The lowest BCUT2D eigenvalue weighted by Gasteiger charge is -2.24. The van der Waals surface area contributed by atoms with Crippen LogP contribution in [0.25, 0.3) is 0 Å². The monoisotopic (exact) mass is 222 g/mol. The highest BCUT2D eigenvalue weighted by atomic mass is 16.6. The number of rotatable bonds is 2. The third kappa shape index (κ3) is 1.54. The van der Waals surface area contributed by atoms with Crippen LogP contribution in [-0.2, 0) is 19.1 Å². The second-order valence-corrected chi connectivity index (χ2v) is 4.12. The van der Waals surface area contributed by atoms with Crippen LogP contribution in [0.5, 0.6) is 0 Å². The van der Waals surface area contributed by atoms with E-state index in [0.717, 1.165) is 24.8 Å². The molecule has 1 aliphatic carbocycles. The molecule has 1 unspecified atom stereocenters. The van der Waals surface area contributed by atoms with Gasteiger partial charge in [-0.15, -0.1) is 0 Å². The summed E-state index contributed by atoms with van der Waals surface area (Å²) < 4.78 is 10.0. The van der Waals surface area contributed by atoms with Crippen molar-refractivity contribution in [3.63, 3.8) is 0 Å². The van der Waals surface area contributed by atoms with Gasteiger partial charge < -0.3 is 9.47 Å². The molecule has 4 heteroatoms. The first-order chi connectivity index (χ1) is 7.58. The zero-order valence-electron chi connectivity index (χ0n) is 9.41. The Morgan fingerprint density at radius 2 is 2.31 bits per heavy atom. The summed E-state index contributed by atoms with van der Waals surface area (Å²) in [4.78, 5) is 23.1. The number of esters is 1. The van der Waals surface area contributed by atoms with Crippen LogP contribution in [0.3, 0.4) is 0 Å². The van der Waals surface area contributed by atoms with Crippen LogP contribution in [0.4, 0.5) is 0 Å². The number of ketones is 1. The standard InChI is InChI=1S/C12H14O4/c1-12(8-5-3-4-6-8)10(13)7-9(16-12)11(14)15-2/h5,7H,3-4,6H2,1-2H3. The average Bonchev–Trinajstić information content (AvgIpc) is 2.87. The molecule has 16 heavy (non-hydrogen) atoms. The molecule has 2 aliphatic rings. The van der Waals surface area contributed by atoms with Crippen molar-refractivity contribution < 1.29 is 19.1 Å². The lowest BCUT2D eigenvalue weighted by Crippen LogP contribution is -2.35. The van der Waals surface area contributed by atoms with Gasteiger partial charge in [-0.3, -0.25) is 4.79 Å². The summed E-state index contributed by atoms with van der Waals surface area (Å²) in [6.45, 7) is 1.71. The molecule has 0 radical (unpaired) electrons. The van der Waals surface area contributed by atoms with Gasteiger partial charge in [0.2, 0.25) is 11.5 Å². The quantitative estimate of drug-likeness (QED) is 0.525. The van der Waals surface area contributed by atoms with E-state index < -0.39 is 11.6 Å². The van der Waals surface area contributed by atoms with Crippen LogP contribution in [0.2, 0.25) is 0 Å². The van der Waals surface area contributed by atoms with E-state index in [1.165, 1.54) is 13.2 Å². The van der Waals surface area contributed by atoms with Crippen LogP contribution in [0, 0.1) is 0 Å². The fourth-order valence-corrected chi connectivity index (χ4v) is 2.09. The first-order valence-electron chi connectivity index (χ1n) is 5.31. The van der Waals surface area contributed by atoms with Crippen molar-refractivity contribution in [2.45, 2.75) is 31.8 Å². The Labute approximate surface area is 93.9 Å². The summed E-state index contributed by atoms with van der Waals surface area (Å²) >= 11 is 0. The Balaban J connectivity index is 2.22. The number of methoxy groups -OCH3 is 1. The maximum atomic E-state index is 11.9. The van der Waals surface area contributed by atoms with Crippen LogP contribution < -0.4 is 0 Å². The molecular formula is C12H14O4. The topological polar surface area (TPSA) is 52.6 Å². The summed E-state index contributed by atoms with van der Waals surface area (Å²) in [5.74, 6) is -0.778. The Bertz CT molecular complexity index is 405. The largest absolute Gasteiger partial charge is 0.467 e. The van der Waals surface area contributed by atoms with Crippen molar-refractivity contribution in [2.75, 3.05) is 7.11 Å². The molecule has 0 amide bonds. The second kappa shape index (κ2) is 3.77. The van der Waals surface area contributed by atoms with Crippen molar-refractivity contribution in [1.29, 1.82) is 0 Å². The van der Waals surface area contributed by atoms with Gasteiger partial charge in [0.05, 0.1) is 7.11 Å². The SMILES string of the molecule is COC(=O)C1=CC(=O)C(C)(C2=CCCC2)O1. The molecule has 0 spiro atoms. The highest BCUT2D eigenvalue weighted by Gasteiger charge is 2.45. The van der Waals surface area contributed by atoms with E-state index in [-0.39, 0.29) is 11.5 Å². The van der Waals surface area contributed by atoms with Crippen molar-refractivity contribution in [2.24, 2.45) is 0 Å². The van der Waals surface area contributed by atoms with E-state index in [1.807, 2.05) is 6.08 Å². The number of hydrogen-bond acceptors (Lipinski definition) is 4. The van der Waals surface area contributed by atoms with Crippen LogP contribution >= 0.6 is 0 Å². The van der Waals surface area contributed by atoms with Gasteiger partial charge in [0.15, 0.2) is 5.60 Å². The Kier molecular flexibility index (Phi) is 2.58. The van der Waals surface area contributed by atoms with E-state index in [1.54, 1.807) is 6.92 Å². The van der Waals surface area contributed by atoms with Gasteiger partial charge in [-0.2, -0.15) is 0 Å². The zero-order valence-corrected chi connectivity index (χ0v) is 9.41. The molecule has 1 heterocycles. The van der Waals surface area contributed by atoms with E-state index in [2.05, 4.69) is 4.74 Å². The molecule has 0 aromatic carbocycles. The van der Waals surface area contributed by atoms with Crippen LogP contribution in [0.15, 0.2) is 23.5 Å². The minimum Gasteiger partial charge on any atom is -0.467 e. The third-order valence-electron chi connectivity index (χ3n) is 3.09. The first kappa shape index (κ1) is 10.9. The van der Waals surface area contributed by atoms with Crippen LogP contribution in [0.1, 0.15) is 26.2 Å². The molecule has 1 aliphatic heterocycles. The predicted molar refractivity (Wildman–Crippen MR) is 56.5 cm³/mol. The zero-order chi connectivity index (χ0) is 11.8. The highest BCUT2D eigenvalue weighted by Crippen LogP contribution is 2.37. The smallest absolute Gasteiger partial charge is 0.373 e. The number of carbonyl (C=O) groups excluding carboxylic acids is 2. The van der Waals surface area contributed by atoms with Crippen molar-refractivity contribution in [3.05, 3.63) is 23.5 Å². The van der Waals surface area contributed by atoms with Crippen molar-refractivity contribution in [1.82, 2.24) is 0 Å². The van der Waals surface area contributed by atoms with E-state index >= 15 is 0 Å². The molecule has 0 bridgehead atoms. The van der Waals surface area contributed by atoms with Crippen molar-refractivity contribution >= 4 is 11.8 Å². The Hall–Kier alpha value is -1.58. The molecule has 0 fully saturated rings. The van der Waals surface area contributed by atoms with Gasteiger partial charge in [0.25, 0.3) is 0 Å². The van der Waals surface area contributed by atoms with Gasteiger partial charge in [-0.1, -0.05) is 6.08 Å². The molecule has 1 atom stereocenters. The molecule has 86 valence electrons. The van der Waals surface area contributed by atoms with Gasteiger partial charge in [0.1, 0.15) is 0 Å². The first-order valence-corrected chi connectivity index (χ1v) is 5.31. The average molecular weight is 222 g/mol. The minimum atomic E-state index is -0.986. The molecule has 0 aromatic rings. The number of allylic oxidation sites excluding steroid dienone is 1. The van der Waals surface area contributed by atoms with E-state index in [0.29, 0.717) is 0 Å². The van der Waals surface area contributed by atoms with Gasteiger partial charge >= 0.3 is 5.97 Å². The normalized spacial score (nSPS) is 28.5. The fourth-order valence-electron chi connectivity index (χ4n) is 2.09. The fraction of sp³-hybridized carbons (Fsp3) is 0.500. The molecule has 2 rings (SSSR count). The Morgan fingerprint density at radius 1 is 1.56 bits per heavy atom. The second-order valence-electron chi connectivity index (χ2n) is 4.12. The third-order valence-corrected chi connectivity index (χ3v) is 3.09. The predicted octanol–water partition coefficient (Wildman–Crippen LogP) is 1.51. The maximum absolute atomic E-state index is 11.9. The summed E-state index contributed by atoms with van der Waals surface area (Å²) in [5.41, 5.74) is -0.0207. The molecule has 0 N–H and O–H groups in total. The summed E-state index contributed by atoms with van der Waals surface area (Å²) in [6, 6.07) is 0. The number of carbonyl (C=O) groups is 2. The van der Waals surface area contributed by atoms with Crippen molar-refractivity contribution in [3.8, 4) is 0 Å². The summed E-state index contributed by atoms with van der Waals surface area (Å²) in [7, 11) is 1.27. The molecular weight excluding hydrogens is 208 g/mol. The van der Waals surface area contributed by atoms with Gasteiger partial charge in [0, 0.05) is 6.08 Å². The molecule has 4 nitrogen and oxygen atoms in total. The van der Waals surface area contributed by atoms with E-state index in [9.17, 15) is 9.59 Å².